The topological polar surface area (TPSA) is 250 Å². The summed E-state index contributed by atoms with van der Waals surface area (Å²) in [4.78, 5) is 26.7. The van der Waals surface area contributed by atoms with E-state index in [0.29, 0.717) is 23.0 Å². The third-order valence-corrected chi connectivity index (χ3v) is 9.77. The van der Waals surface area contributed by atoms with Crippen LogP contribution in [0.4, 0.5) is 5.82 Å². The SMILES string of the molecule is CSSCO[C@H]1C[C@H](n2cc(C#CCN)c3c(N)ncnc32)O[C@@H]1CO[P+](=O)OP(=O)(O)OP(=O)(O)OO. The van der Waals surface area contributed by atoms with Gasteiger partial charge < -0.3 is 30.4 Å². The highest BCUT2D eigenvalue weighted by molar-refractivity contribution is 8.76. The van der Waals surface area contributed by atoms with E-state index in [2.05, 4.69) is 35.1 Å². The van der Waals surface area contributed by atoms with E-state index < -0.39 is 48.9 Å². The lowest BCUT2D eigenvalue weighted by molar-refractivity contribution is -0.157. The van der Waals surface area contributed by atoms with Crippen molar-refractivity contribution in [3.05, 3.63) is 18.1 Å². The number of phosphoric acid groups is 2. The first-order valence-electron chi connectivity index (χ1n) is 10.2. The summed E-state index contributed by atoms with van der Waals surface area (Å²) in [6.07, 6.45) is 3.04. The third kappa shape index (κ3) is 8.42. The Hall–Kier alpha value is -1.16. The number of hydrogen-bond donors (Lipinski definition) is 5. The van der Waals surface area contributed by atoms with E-state index in [1.165, 1.54) is 27.9 Å². The smallest absolute Gasteiger partial charge is 0.383 e. The maximum atomic E-state index is 12.1. The molecule has 0 spiro atoms. The fraction of sp³-hybridized carbons (Fsp3) is 0.500. The van der Waals surface area contributed by atoms with E-state index in [1.54, 1.807) is 10.8 Å². The second-order valence-corrected chi connectivity index (χ2v) is 13.6. The van der Waals surface area contributed by atoms with Crippen LogP contribution in [0.2, 0.25) is 0 Å². The second kappa shape index (κ2) is 14.0. The lowest BCUT2D eigenvalue weighted by atomic mass is 10.2. The van der Waals surface area contributed by atoms with Gasteiger partial charge in [0.15, 0.2) is 0 Å². The fourth-order valence-corrected chi connectivity index (χ4v) is 6.79. The summed E-state index contributed by atoms with van der Waals surface area (Å²) in [6.45, 7) is -0.318. The van der Waals surface area contributed by atoms with Crippen LogP contribution in [-0.4, -0.2) is 67.1 Å². The molecule has 3 heterocycles. The van der Waals surface area contributed by atoms with Crippen molar-refractivity contribution in [3.63, 3.8) is 0 Å². The molecule has 38 heavy (non-hydrogen) atoms. The maximum Gasteiger partial charge on any atom is 0.708 e. The summed E-state index contributed by atoms with van der Waals surface area (Å²) in [6, 6.07) is 0. The molecule has 0 bridgehead atoms. The van der Waals surface area contributed by atoms with Crippen LogP contribution >= 0.6 is 45.5 Å². The largest absolute Gasteiger partial charge is 0.708 e. The number of nitrogens with zero attached hydrogens (tertiary/aromatic N) is 3. The second-order valence-electron chi connectivity index (χ2n) is 7.09. The zero-order valence-electron chi connectivity index (χ0n) is 19.4. The van der Waals surface area contributed by atoms with Crippen LogP contribution in [0.3, 0.4) is 0 Å². The number of rotatable bonds is 13. The molecule has 7 N–H and O–H groups in total. The first kappa shape index (κ1) is 31.4. The summed E-state index contributed by atoms with van der Waals surface area (Å²) < 4.78 is 64.4. The Morgan fingerprint density at radius 2 is 2.11 bits per heavy atom. The summed E-state index contributed by atoms with van der Waals surface area (Å²) in [5, 5.41) is 8.72. The molecule has 0 radical (unpaired) electrons. The van der Waals surface area contributed by atoms with E-state index >= 15 is 0 Å². The maximum absolute atomic E-state index is 12.1. The summed E-state index contributed by atoms with van der Waals surface area (Å²) in [5.41, 5.74) is 12.5. The van der Waals surface area contributed by atoms with Crippen LogP contribution in [0.5, 0.6) is 0 Å². The lowest BCUT2D eigenvalue weighted by Gasteiger charge is -2.16. The molecule has 1 aliphatic heterocycles. The predicted molar refractivity (Wildman–Crippen MR) is 136 cm³/mol. The van der Waals surface area contributed by atoms with E-state index in [4.69, 9.17) is 35.6 Å². The lowest BCUT2D eigenvalue weighted by Crippen LogP contribution is -2.28. The Morgan fingerprint density at radius 1 is 1.34 bits per heavy atom. The first-order chi connectivity index (χ1) is 18.0. The number of ether oxygens (including phenoxy) is 2. The Kier molecular flexibility index (Phi) is 11.5. The Labute approximate surface area is 224 Å². The predicted octanol–water partition coefficient (Wildman–Crippen LogP) is 2.36. The molecular weight excluding hydrogens is 611 g/mol. The molecule has 2 aromatic heterocycles. The van der Waals surface area contributed by atoms with Crippen LogP contribution < -0.4 is 11.5 Å². The molecular formula is C16H23N5O12P3S2+. The molecule has 0 aliphatic carbocycles. The van der Waals surface area contributed by atoms with Gasteiger partial charge in [-0.2, -0.15) is 4.31 Å². The molecule has 0 saturated carbocycles. The molecule has 0 amide bonds. The van der Waals surface area contributed by atoms with Crippen molar-refractivity contribution < 1.29 is 56.0 Å². The van der Waals surface area contributed by atoms with Gasteiger partial charge in [0.25, 0.3) is 0 Å². The number of nitrogen functional groups attached to an aromatic ring is 1. The van der Waals surface area contributed by atoms with Crippen molar-refractivity contribution in [1.82, 2.24) is 14.5 Å². The zero-order valence-corrected chi connectivity index (χ0v) is 23.7. The monoisotopic (exact) mass is 634 g/mol. The highest BCUT2D eigenvalue weighted by Crippen LogP contribution is 2.63. The van der Waals surface area contributed by atoms with E-state index in [-0.39, 0.29) is 18.3 Å². The number of anilines is 1. The van der Waals surface area contributed by atoms with Crippen molar-refractivity contribution in [3.8, 4) is 11.8 Å². The van der Waals surface area contributed by atoms with Crippen molar-refractivity contribution in [2.45, 2.75) is 24.9 Å². The average molecular weight is 634 g/mol. The molecule has 6 atom stereocenters. The van der Waals surface area contributed by atoms with Crippen LogP contribution in [0.15, 0.2) is 12.5 Å². The van der Waals surface area contributed by atoms with Crippen molar-refractivity contribution in [1.29, 1.82) is 0 Å². The minimum Gasteiger partial charge on any atom is -0.383 e. The van der Waals surface area contributed by atoms with Crippen LogP contribution in [-0.2, 0) is 41.0 Å². The Balaban J connectivity index is 1.77. The van der Waals surface area contributed by atoms with Gasteiger partial charge in [0, 0.05) is 17.2 Å². The summed E-state index contributed by atoms with van der Waals surface area (Å²) in [7, 11) is -11.2. The van der Waals surface area contributed by atoms with Crippen LogP contribution in [0.1, 0.15) is 18.2 Å². The number of fused-ring (bicyclic) bond motifs is 1. The van der Waals surface area contributed by atoms with Gasteiger partial charge in [-0.3, -0.25) is 4.89 Å². The van der Waals surface area contributed by atoms with Crippen LogP contribution in [0.25, 0.3) is 11.0 Å². The summed E-state index contributed by atoms with van der Waals surface area (Å²) >= 11 is 0. The molecule has 2 aromatic rings. The van der Waals surface area contributed by atoms with E-state index in [9.17, 15) is 18.6 Å². The molecule has 3 rings (SSSR count). The number of aromatic nitrogens is 3. The Bertz CT molecular complexity index is 1310. The molecule has 1 fully saturated rings. The minimum atomic E-state index is -5.42. The van der Waals surface area contributed by atoms with Gasteiger partial charge in [-0.15, -0.1) is 9.20 Å². The molecule has 3 unspecified atom stereocenters. The average Bonchev–Trinajstić information content (AvgIpc) is 3.42. The molecule has 210 valence electrons. The molecule has 1 saturated heterocycles. The molecule has 17 nitrogen and oxygen atoms in total. The highest BCUT2D eigenvalue weighted by atomic mass is 33.1. The normalized spacial score (nSPS) is 23.0. The highest BCUT2D eigenvalue weighted by Gasteiger charge is 2.46. The van der Waals surface area contributed by atoms with Gasteiger partial charge in [0.2, 0.25) is 0 Å². The molecule has 0 aromatic carbocycles. The van der Waals surface area contributed by atoms with Crippen molar-refractivity contribution >= 4 is 62.3 Å². The van der Waals surface area contributed by atoms with Crippen LogP contribution in [0, 0.1) is 11.8 Å². The summed E-state index contributed by atoms with van der Waals surface area (Å²) in [5.74, 6) is 6.17. The third-order valence-electron chi connectivity index (χ3n) is 4.73. The number of nitrogens with two attached hydrogens (primary N) is 2. The van der Waals surface area contributed by atoms with Gasteiger partial charge in [-0.25, -0.2) is 24.4 Å². The minimum absolute atomic E-state index is 0.123. The van der Waals surface area contributed by atoms with Gasteiger partial charge in [0.05, 0.1) is 23.6 Å². The molecule has 22 heteroatoms. The van der Waals surface area contributed by atoms with Gasteiger partial charge in [-0.05, 0) is 10.6 Å². The molecule has 1 aliphatic rings. The first-order valence-corrected chi connectivity index (χ1v) is 17.0. The van der Waals surface area contributed by atoms with Gasteiger partial charge >= 0.3 is 23.9 Å². The van der Waals surface area contributed by atoms with Gasteiger partial charge in [0.1, 0.15) is 42.7 Å². The number of hydrogen-bond acceptors (Lipinski definition) is 16. The van der Waals surface area contributed by atoms with Crippen molar-refractivity contribution in [2.75, 3.05) is 31.1 Å². The van der Waals surface area contributed by atoms with Gasteiger partial charge in [-0.1, -0.05) is 33.4 Å². The fourth-order valence-electron chi connectivity index (χ4n) is 3.33. The zero-order chi connectivity index (χ0) is 27.9. The quantitative estimate of drug-likeness (QED) is 0.0403. The van der Waals surface area contributed by atoms with Crippen molar-refractivity contribution in [2.24, 2.45) is 5.73 Å². The van der Waals surface area contributed by atoms with E-state index in [0.717, 1.165) is 0 Å². The standard InChI is InChI=1S/C16H22N5O12P3S2/c1-37-38-9-28-11-5-13(21-6-10(3-2-4-17)14-15(18)19-8-20-16(14)21)30-12(11)7-29-34(23)32-36(26,27)33-35(24,25)31-22/h6,8,11-13H,4-5,7,9,17H2,1H3,(H4-,18,19,20,22,24,25,26,27)/p+1/t11-,12+,13+/m0/s1. The van der Waals surface area contributed by atoms with E-state index in [1.807, 2.05) is 6.26 Å². The Morgan fingerprint density at radius 3 is 2.79 bits per heavy atom.